The fourth-order valence-electron chi connectivity index (χ4n) is 4.88. The first kappa shape index (κ1) is 22.7. The summed E-state index contributed by atoms with van der Waals surface area (Å²) >= 11 is 0. The van der Waals surface area contributed by atoms with E-state index in [4.69, 9.17) is 0 Å². The molecule has 1 saturated heterocycles. The van der Waals surface area contributed by atoms with Crippen molar-refractivity contribution in [2.75, 3.05) is 5.32 Å². The molecule has 1 aliphatic carbocycles. The van der Waals surface area contributed by atoms with Gasteiger partial charge >= 0.3 is 35.6 Å². The molecule has 0 radical (unpaired) electrons. The van der Waals surface area contributed by atoms with Crippen molar-refractivity contribution < 1.29 is 58.5 Å². The van der Waals surface area contributed by atoms with Crippen LogP contribution in [0.25, 0.3) is 0 Å². The van der Waals surface area contributed by atoms with Gasteiger partial charge in [-0.1, -0.05) is 6.42 Å². The van der Waals surface area contributed by atoms with E-state index >= 15 is 0 Å². The number of urea groups is 1. The molecule has 0 bridgehead atoms. The first-order valence-corrected chi connectivity index (χ1v) is 9.59. The Hall–Kier alpha value is -1.94. The van der Waals surface area contributed by atoms with Crippen LogP contribution >= 0.6 is 0 Å². The van der Waals surface area contributed by atoms with Crippen molar-refractivity contribution in [1.82, 2.24) is 10.2 Å². The fraction of sp³-hybridized carbons (Fsp3) is 0.450. The second-order valence-electron chi connectivity index (χ2n) is 7.75. The number of hydrogen-bond acceptors (Lipinski definition) is 5. The number of benzene rings is 1. The molecule has 2 fully saturated rings. The second-order valence-corrected chi connectivity index (χ2v) is 7.75. The predicted molar refractivity (Wildman–Crippen MR) is 97.5 cm³/mol. The van der Waals surface area contributed by atoms with Gasteiger partial charge in [-0.25, -0.2) is 9.18 Å². The number of hydrogen-bond donors (Lipinski definition) is 3. The molecular formula is C20H21FN3NaO5. The number of carbonyl (C=O) groups excluding carboxylic acids is 3. The van der Waals surface area contributed by atoms with E-state index in [9.17, 15) is 29.0 Å². The van der Waals surface area contributed by atoms with Gasteiger partial charge in [0.2, 0.25) is 5.91 Å². The van der Waals surface area contributed by atoms with Crippen molar-refractivity contribution >= 4 is 23.6 Å². The summed E-state index contributed by atoms with van der Waals surface area (Å²) in [7, 11) is 0. The van der Waals surface area contributed by atoms with Crippen LogP contribution in [0.4, 0.5) is 14.9 Å². The summed E-state index contributed by atoms with van der Waals surface area (Å²) in [5, 5.41) is 27.2. The van der Waals surface area contributed by atoms with E-state index in [1.165, 1.54) is 36.1 Å². The Bertz CT molecular complexity index is 904. The Balaban J connectivity index is 0.00000256. The first-order chi connectivity index (χ1) is 13.8. The number of aliphatic carboxylic acids is 1. The van der Waals surface area contributed by atoms with Crippen LogP contribution in [0, 0.1) is 17.7 Å². The smallest absolute Gasteiger partial charge is 0.543 e. The average Bonchev–Trinajstić information content (AvgIpc) is 2.95. The van der Waals surface area contributed by atoms with Crippen LogP contribution in [0.2, 0.25) is 0 Å². The fourth-order valence-corrected chi connectivity index (χ4v) is 4.88. The Morgan fingerprint density at radius 2 is 1.93 bits per heavy atom. The number of fused-ring (bicyclic) bond motifs is 3. The molecule has 154 valence electrons. The first-order valence-electron chi connectivity index (χ1n) is 9.59. The molecule has 10 heteroatoms. The van der Waals surface area contributed by atoms with E-state index in [2.05, 4.69) is 10.6 Å². The van der Waals surface area contributed by atoms with Crippen molar-refractivity contribution in [3.63, 3.8) is 0 Å². The summed E-state index contributed by atoms with van der Waals surface area (Å²) in [4.78, 5) is 37.9. The van der Waals surface area contributed by atoms with E-state index < -0.39 is 47.8 Å². The van der Waals surface area contributed by atoms with Gasteiger partial charge in [0.15, 0.2) is 0 Å². The SMILES string of the molecule is CC(O)[C@H]1C(=O)N2C(C(=O)[O-])=C3[C@@H](NC(=O)Nc4ccc(F)cc4)CCC[C@@H]3[C@H]12.[Na+]. The number of rotatable bonds is 4. The maximum Gasteiger partial charge on any atom is 1.00 e. The number of carbonyl (C=O) groups is 3. The van der Waals surface area contributed by atoms with Crippen molar-refractivity contribution in [1.29, 1.82) is 0 Å². The molecule has 0 aromatic heterocycles. The van der Waals surface area contributed by atoms with Gasteiger partial charge < -0.3 is 30.5 Å². The Morgan fingerprint density at radius 3 is 2.53 bits per heavy atom. The molecule has 3 N–H and O–H groups in total. The van der Waals surface area contributed by atoms with Crippen molar-refractivity contribution in [2.24, 2.45) is 11.8 Å². The molecule has 1 saturated carbocycles. The topological polar surface area (TPSA) is 122 Å². The minimum absolute atomic E-state index is 0. The summed E-state index contributed by atoms with van der Waals surface area (Å²) in [6, 6.07) is 3.71. The third-order valence-corrected chi connectivity index (χ3v) is 6.02. The molecule has 30 heavy (non-hydrogen) atoms. The predicted octanol–water partition coefficient (Wildman–Crippen LogP) is -2.65. The van der Waals surface area contributed by atoms with E-state index in [-0.39, 0.29) is 41.2 Å². The summed E-state index contributed by atoms with van der Waals surface area (Å²) in [5.41, 5.74) is 0.686. The molecule has 4 rings (SSSR count). The van der Waals surface area contributed by atoms with Crippen LogP contribution in [0.3, 0.4) is 0 Å². The zero-order valence-corrected chi connectivity index (χ0v) is 18.7. The third kappa shape index (κ3) is 3.75. The minimum atomic E-state index is -1.46. The number of β-lactam (4-membered cyclic amide) rings is 1. The minimum Gasteiger partial charge on any atom is -0.543 e. The zero-order chi connectivity index (χ0) is 20.9. The molecule has 0 spiro atoms. The quantitative estimate of drug-likeness (QED) is 0.359. The van der Waals surface area contributed by atoms with Gasteiger partial charge in [-0.15, -0.1) is 0 Å². The number of nitrogens with zero attached hydrogens (tertiary/aromatic N) is 1. The number of aliphatic hydroxyl groups excluding tert-OH is 1. The number of aliphatic hydroxyl groups is 1. The molecule has 5 atom stereocenters. The van der Waals surface area contributed by atoms with Crippen molar-refractivity contribution in [2.45, 2.75) is 44.4 Å². The summed E-state index contributed by atoms with van der Waals surface area (Å²) < 4.78 is 13.0. The van der Waals surface area contributed by atoms with Gasteiger partial charge in [0, 0.05) is 11.6 Å². The van der Waals surface area contributed by atoms with E-state index in [0.717, 1.165) is 6.42 Å². The number of carboxylic acids is 1. The van der Waals surface area contributed by atoms with Crippen LogP contribution in [-0.4, -0.2) is 46.1 Å². The molecule has 3 aliphatic rings. The van der Waals surface area contributed by atoms with Crippen molar-refractivity contribution in [3.05, 3.63) is 41.4 Å². The normalized spacial score (nSPS) is 28.0. The number of halogens is 1. The molecule has 2 heterocycles. The second kappa shape index (κ2) is 8.66. The van der Waals surface area contributed by atoms with Gasteiger partial charge in [-0.05, 0) is 49.6 Å². The number of anilines is 1. The molecule has 3 amide bonds. The Morgan fingerprint density at radius 1 is 1.27 bits per heavy atom. The number of carboxylic acid groups (broad SMARTS) is 1. The summed E-state index contributed by atoms with van der Waals surface area (Å²) in [5.74, 6) is -3.22. The van der Waals surface area contributed by atoms with Crippen LogP contribution in [0.1, 0.15) is 26.2 Å². The van der Waals surface area contributed by atoms with Crippen LogP contribution in [0.15, 0.2) is 35.5 Å². The van der Waals surface area contributed by atoms with Crippen LogP contribution in [0.5, 0.6) is 0 Å². The Kier molecular flexibility index (Phi) is 6.57. The van der Waals surface area contributed by atoms with E-state index in [1.54, 1.807) is 0 Å². The summed E-state index contributed by atoms with van der Waals surface area (Å²) in [6.07, 6.45) is 1.04. The molecular weight excluding hydrogens is 404 g/mol. The standard InChI is InChI=1S/C20H22FN3O5.Na/c1-9(25)14-16-12-3-2-4-13(15(12)17(19(27)28)24(16)18(14)26)23-20(29)22-11-7-5-10(21)6-8-11;/h5-9,12-14,16,25H,2-4H2,1H3,(H,27,28)(H2,22,23,29);/q;+1/p-1/t9?,12-,13-,14+,16+;/m0./s1. The van der Waals surface area contributed by atoms with Crippen molar-refractivity contribution in [3.8, 4) is 0 Å². The summed E-state index contributed by atoms with van der Waals surface area (Å²) in [6.45, 7) is 1.52. The Labute approximate surface area is 194 Å². The van der Waals surface area contributed by atoms with Gasteiger partial charge in [-0.2, -0.15) is 0 Å². The third-order valence-electron chi connectivity index (χ3n) is 6.02. The molecule has 2 aliphatic heterocycles. The van der Waals surface area contributed by atoms with Gasteiger partial charge in [0.05, 0.1) is 35.8 Å². The van der Waals surface area contributed by atoms with Gasteiger partial charge in [0.25, 0.3) is 0 Å². The average molecular weight is 425 g/mol. The van der Waals surface area contributed by atoms with Crippen LogP contribution in [-0.2, 0) is 9.59 Å². The molecule has 1 aromatic rings. The number of nitrogens with one attached hydrogen (secondary N) is 2. The maximum atomic E-state index is 13.0. The zero-order valence-electron chi connectivity index (χ0n) is 16.7. The van der Waals surface area contributed by atoms with Gasteiger partial charge in [-0.3, -0.25) is 4.79 Å². The molecule has 8 nitrogen and oxygen atoms in total. The maximum absolute atomic E-state index is 13.0. The van der Waals surface area contributed by atoms with E-state index in [1.807, 2.05) is 0 Å². The number of amides is 3. The monoisotopic (exact) mass is 425 g/mol. The van der Waals surface area contributed by atoms with Gasteiger partial charge in [0.1, 0.15) is 5.82 Å². The van der Waals surface area contributed by atoms with E-state index in [0.29, 0.717) is 24.1 Å². The molecule has 1 aromatic carbocycles. The molecule has 1 unspecified atom stereocenters. The largest absolute Gasteiger partial charge is 1.00 e. The van der Waals surface area contributed by atoms with Crippen LogP contribution < -0.4 is 45.3 Å².